The van der Waals surface area contributed by atoms with Crippen LogP contribution in [0.25, 0.3) is 0 Å². The summed E-state index contributed by atoms with van der Waals surface area (Å²) in [4.78, 5) is 4.61. The highest BCUT2D eigenvalue weighted by Gasteiger charge is 2.21. The molecule has 2 nitrogen and oxygen atoms in total. The molecule has 0 atom stereocenters. The number of hydrogen-bond donors (Lipinski definition) is 0. The second kappa shape index (κ2) is 4.56. The van der Waals surface area contributed by atoms with Crippen molar-refractivity contribution in [2.24, 2.45) is 0 Å². The van der Waals surface area contributed by atoms with Crippen molar-refractivity contribution in [1.29, 1.82) is 5.26 Å². The molecular weight excluding hydrogens is 192 g/mol. The molecule has 0 amide bonds. The van der Waals surface area contributed by atoms with Crippen molar-refractivity contribution in [3.8, 4) is 6.07 Å². The summed E-state index contributed by atoms with van der Waals surface area (Å²) in [6.45, 7) is 0. The van der Waals surface area contributed by atoms with Gasteiger partial charge in [-0.15, -0.1) is 11.3 Å². The van der Waals surface area contributed by atoms with Crippen LogP contribution in [0.15, 0.2) is 5.38 Å². The van der Waals surface area contributed by atoms with Gasteiger partial charge in [-0.05, 0) is 19.3 Å². The third-order valence-corrected chi connectivity index (χ3v) is 3.70. The van der Waals surface area contributed by atoms with Crippen molar-refractivity contribution in [1.82, 2.24) is 4.98 Å². The maximum Gasteiger partial charge on any atom is 0.0928 e. The number of nitrogens with zero attached hydrogens (tertiary/aromatic N) is 2. The Bertz CT molecular complexity index is 333. The zero-order valence-corrected chi connectivity index (χ0v) is 9.02. The van der Waals surface area contributed by atoms with Crippen LogP contribution in [-0.2, 0) is 6.42 Å². The summed E-state index contributed by atoms with van der Waals surface area (Å²) in [6.07, 6.45) is 6.59. The van der Waals surface area contributed by atoms with Gasteiger partial charge in [-0.3, -0.25) is 0 Å². The van der Waals surface area contributed by atoms with Crippen molar-refractivity contribution in [2.45, 2.75) is 44.4 Å². The molecule has 1 heterocycles. The Hall–Kier alpha value is -0.880. The Balaban J connectivity index is 1.86. The molecule has 1 fully saturated rings. The van der Waals surface area contributed by atoms with E-state index in [-0.39, 0.29) is 0 Å². The molecule has 1 aromatic rings. The smallest absolute Gasteiger partial charge is 0.0928 e. The van der Waals surface area contributed by atoms with Gasteiger partial charge in [0.05, 0.1) is 16.8 Å². The molecule has 0 bridgehead atoms. The van der Waals surface area contributed by atoms with Crippen molar-refractivity contribution < 1.29 is 0 Å². The van der Waals surface area contributed by atoms with E-state index in [4.69, 9.17) is 5.26 Å². The summed E-state index contributed by atoms with van der Waals surface area (Å²) < 4.78 is 0. The van der Waals surface area contributed by atoms with Gasteiger partial charge < -0.3 is 0 Å². The number of nitriles is 1. The monoisotopic (exact) mass is 206 g/mol. The average Bonchev–Trinajstić information content (AvgIpc) is 2.51. The lowest BCUT2D eigenvalue weighted by atomic mass is 9.83. The minimum absolute atomic E-state index is 0.651. The van der Waals surface area contributed by atoms with Crippen LogP contribution in [0.4, 0.5) is 0 Å². The Morgan fingerprint density at radius 2 is 2.43 bits per heavy atom. The first-order valence-corrected chi connectivity index (χ1v) is 6.09. The van der Waals surface area contributed by atoms with Crippen LogP contribution in [0.2, 0.25) is 0 Å². The highest BCUT2D eigenvalue weighted by atomic mass is 32.1. The lowest BCUT2D eigenvalue weighted by Gasteiger charge is -2.22. The summed E-state index contributed by atoms with van der Waals surface area (Å²) in [7, 11) is 0. The molecule has 0 N–H and O–H groups in total. The van der Waals surface area contributed by atoms with E-state index in [0.717, 1.165) is 18.8 Å². The standard InChI is InChI=1S/C11H14N2S/c12-7-2-1-6-11-13-10(8-14-11)9-4-3-5-9/h8-9H,1-6H2. The van der Waals surface area contributed by atoms with Crippen molar-refractivity contribution in [3.05, 3.63) is 16.1 Å². The largest absolute Gasteiger partial charge is 0.246 e. The van der Waals surface area contributed by atoms with Gasteiger partial charge in [0.2, 0.25) is 0 Å². The Labute approximate surface area is 88.6 Å². The molecule has 14 heavy (non-hydrogen) atoms. The van der Waals surface area contributed by atoms with Gasteiger partial charge in [0.25, 0.3) is 0 Å². The van der Waals surface area contributed by atoms with Crippen LogP contribution in [0.5, 0.6) is 0 Å². The van der Waals surface area contributed by atoms with Gasteiger partial charge in [-0.2, -0.15) is 5.26 Å². The molecule has 3 heteroatoms. The van der Waals surface area contributed by atoms with E-state index >= 15 is 0 Å². The predicted molar refractivity (Wildman–Crippen MR) is 57.3 cm³/mol. The summed E-state index contributed by atoms with van der Waals surface area (Å²) in [5.74, 6) is 0.746. The zero-order chi connectivity index (χ0) is 9.80. The molecule has 0 aliphatic heterocycles. The second-order valence-electron chi connectivity index (χ2n) is 3.81. The minimum Gasteiger partial charge on any atom is -0.246 e. The molecular formula is C11H14N2S. The Kier molecular flexibility index (Phi) is 3.15. The number of rotatable bonds is 4. The predicted octanol–water partition coefficient (Wildman–Crippen LogP) is 3.26. The van der Waals surface area contributed by atoms with Crippen LogP contribution in [0, 0.1) is 11.3 Å². The normalized spacial score (nSPS) is 16.2. The molecule has 1 aliphatic carbocycles. The molecule has 0 aromatic carbocycles. The second-order valence-corrected chi connectivity index (χ2v) is 4.75. The average molecular weight is 206 g/mol. The van der Waals surface area contributed by atoms with E-state index in [9.17, 15) is 0 Å². The van der Waals surface area contributed by atoms with E-state index in [1.807, 2.05) is 0 Å². The third-order valence-electron chi connectivity index (χ3n) is 2.77. The number of hydrogen-bond acceptors (Lipinski definition) is 3. The molecule has 1 saturated carbocycles. The lowest BCUT2D eigenvalue weighted by Crippen LogP contribution is -2.08. The third kappa shape index (κ3) is 2.13. The Morgan fingerprint density at radius 1 is 1.57 bits per heavy atom. The van der Waals surface area contributed by atoms with Crippen LogP contribution in [0.3, 0.4) is 0 Å². The maximum absolute atomic E-state index is 8.42. The molecule has 2 rings (SSSR count). The lowest BCUT2D eigenvalue weighted by molar-refractivity contribution is 0.412. The van der Waals surface area contributed by atoms with Gasteiger partial charge in [0, 0.05) is 24.1 Å². The van der Waals surface area contributed by atoms with E-state index in [2.05, 4.69) is 16.4 Å². The van der Waals surface area contributed by atoms with E-state index in [0.29, 0.717) is 6.42 Å². The molecule has 1 aromatic heterocycles. The van der Waals surface area contributed by atoms with Gasteiger partial charge >= 0.3 is 0 Å². The summed E-state index contributed by atoms with van der Waals surface area (Å²) >= 11 is 1.76. The fourth-order valence-electron chi connectivity index (χ4n) is 1.65. The summed E-state index contributed by atoms with van der Waals surface area (Å²) in [5.41, 5.74) is 1.30. The van der Waals surface area contributed by atoms with Crippen LogP contribution in [-0.4, -0.2) is 4.98 Å². The van der Waals surface area contributed by atoms with E-state index in [1.165, 1.54) is 30.0 Å². The molecule has 0 unspecified atom stereocenters. The first-order valence-electron chi connectivity index (χ1n) is 5.21. The van der Waals surface area contributed by atoms with E-state index < -0.39 is 0 Å². The van der Waals surface area contributed by atoms with Crippen LogP contribution in [0.1, 0.15) is 48.7 Å². The molecule has 1 aliphatic rings. The zero-order valence-electron chi connectivity index (χ0n) is 8.20. The first-order chi connectivity index (χ1) is 6.90. The van der Waals surface area contributed by atoms with Gasteiger partial charge in [-0.1, -0.05) is 6.42 Å². The topological polar surface area (TPSA) is 36.7 Å². The number of aryl methyl sites for hydroxylation is 1. The van der Waals surface area contributed by atoms with E-state index in [1.54, 1.807) is 11.3 Å². The fraction of sp³-hybridized carbons (Fsp3) is 0.636. The fourth-order valence-corrected chi connectivity index (χ4v) is 2.57. The van der Waals surface area contributed by atoms with Gasteiger partial charge in [-0.25, -0.2) is 4.98 Å². The Morgan fingerprint density at radius 3 is 3.07 bits per heavy atom. The number of thiazole rings is 1. The van der Waals surface area contributed by atoms with Crippen molar-refractivity contribution >= 4 is 11.3 Å². The number of unbranched alkanes of at least 4 members (excludes halogenated alkanes) is 1. The van der Waals surface area contributed by atoms with Crippen LogP contribution < -0.4 is 0 Å². The summed E-state index contributed by atoms with van der Waals surface area (Å²) in [6, 6.07) is 2.17. The summed E-state index contributed by atoms with van der Waals surface area (Å²) in [5, 5.41) is 11.8. The number of aromatic nitrogens is 1. The van der Waals surface area contributed by atoms with Crippen LogP contribution >= 0.6 is 11.3 Å². The van der Waals surface area contributed by atoms with Crippen molar-refractivity contribution in [2.75, 3.05) is 0 Å². The first kappa shape index (κ1) is 9.67. The molecule has 0 radical (unpaired) electrons. The molecule has 0 saturated heterocycles. The highest BCUT2D eigenvalue weighted by molar-refractivity contribution is 7.09. The highest BCUT2D eigenvalue weighted by Crippen LogP contribution is 2.36. The quantitative estimate of drug-likeness (QED) is 0.709. The SMILES string of the molecule is N#CCCCc1nc(C2CCC2)cs1. The maximum atomic E-state index is 8.42. The van der Waals surface area contributed by atoms with Gasteiger partial charge in [0.1, 0.15) is 0 Å². The molecule has 0 spiro atoms. The molecule has 74 valence electrons. The van der Waals surface area contributed by atoms with Crippen molar-refractivity contribution in [3.63, 3.8) is 0 Å². The minimum atomic E-state index is 0.651. The van der Waals surface area contributed by atoms with Gasteiger partial charge in [0.15, 0.2) is 0 Å².